The van der Waals surface area contributed by atoms with Gasteiger partial charge < -0.3 is 20.4 Å². The first kappa shape index (κ1) is 27.5. The maximum absolute atomic E-state index is 14.1. The second-order valence-corrected chi connectivity index (χ2v) is 14.4. The van der Waals surface area contributed by atoms with Gasteiger partial charge >= 0.3 is 0 Å². The van der Waals surface area contributed by atoms with Gasteiger partial charge in [-0.25, -0.2) is 0 Å². The summed E-state index contributed by atoms with van der Waals surface area (Å²) in [5.74, 6) is 2.85. The number of fused-ring (bicyclic) bond motifs is 1. The van der Waals surface area contributed by atoms with E-state index in [0.717, 1.165) is 12.8 Å². The summed E-state index contributed by atoms with van der Waals surface area (Å²) in [4.78, 5) is 14.1. The number of Topliss-reactive ketones (excluding diaryl/α,β-unsaturated/α-hetero) is 1. The van der Waals surface area contributed by atoms with Gasteiger partial charge in [0.1, 0.15) is 11.4 Å². The van der Waals surface area contributed by atoms with Crippen molar-refractivity contribution in [1.29, 1.82) is 0 Å². The van der Waals surface area contributed by atoms with Crippen LogP contribution in [0.15, 0.2) is 0 Å². The van der Waals surface area contributed by atoms with Crippen LogP contribution >= 0.6 is 0 Å². The first-order valence-electron chi connectivity index (χ1n) is 14.4. The fraction of sp³-hybridized carbons (Fsp3) is 0.967. The minimum Gasteiger partial charge on any atom is -0.396 e. The molecule has 0 spiro atoms. The van der Waals surface area contributed by atoms with Crippen LogP contribution in [-0.2, 0) is 4.79 Å². The number of rotatable bonds is 7. The first-order valence-corrected chi connectivity index (χ1v) is 14.4. The van der Waals surface area contributed by atoms with Gasteiger partial charge in [-0.3, -0.25) is 4.79 Å². The molecule has 0 aliphatic heterocycles. The van der Waals surface area contributed by atoms with Crippen LogP contribution in [0.5, 0.6) is 0 Å². The third-order valence-electron chi connectivity index (χ3n) is 12.7. The standard InChI is InChI=1S/C30H52O5/c1-17(2)19(4)28(6)16-24(28)18(3)22-8-9-23(27(22,5)12-13-31)21-14-25(33)30(35)15-20(32)10-11-29(30,7)26(21)34/h17-25,31-33,35H,8-16H2,1-7H3/t18-,19+,20-,21-,22+,23-,24+,25+,27+,28+,29+,30-/m0/s1. The van der Waals surface area contributed by atoms with Crippen molar-refractivity contribution in [2.45, 2.75) is 118 Å². The lowest BCUT2D eigenvalue weighted by molar-refractivity contribution is -0.222. The number of carbonyl (C=O) groups excluding carboxylic acids is 1. The normalized spacial score (nSPS) is 51.8. The highest BCUT2D eigenvalue weighted by atomic mass is 16.3. The maximum Gasteiger partial charge on any atom is 0.145 e. The quantitative estimate of drug-likeness (QED) is 0.417. The van der Waals surface area contributed by atoms with Crippen LogP contribution in [0.2, 0.25) is 0 Å². The molecule has 5 nitrogen and oxygen atoms in total. The molecule has 4 aliphatic carbocycles. The Morgan fingerprint density at radius 1 is 0.971 bits per heavy atom. The Bertz CT molecular complexity index is 813. The highest BCUT2D eigenvalue weighted by Crippen LogP contribution is 2.68. The number of aliphatic hydroxyl groups excluding tert-OH is 3. The SMILES string of the molecule is CC(C)[C@@H](C)[C@@]1(C)C[C@@H]1[C@@H](C)[C@H]1CC[C@@H]([C@@H]2C[C@@H](O)[C@@]3(O)C[C@@H](O)CC[C@]3(C)C2=O)[C@]1(C)CCO. The monoisotopic (exact) mass is 492 g/mol. The van der Waals surface area contributed by atoms with Gasteiger partial charge in [-0.2, -0.15) is 0 Å². The average Bonchev–Trinajstić information content (AvgIpc) is 3.37. The molecule has 4 N–H and O–H groups in total. The second kappa shape index (κ2) is 9.06. The molecular weight excluding hydrogens is 440 g/mol. The average molecular weight is 493 g/mol. The molecule has 0 bridgehead atoms. The van der Waals surface area contributed by atoms with Gasteiger partial charge in [0.25, 0.3) is 0 Å². The number of hydrogen-bond acceptors (Lipinski definition) is 5. The molecule has 5 heteroatoms. The van der Waals surface area contributed by atoms with Crippen LogP contribution in [0.25, 0.3) is 0 Å². The van der Waals surface area contributed by atoms with Crippen molar-refractivity contribution in [3.8, 4) is 0 Å². The number of hydrogen-bond donors (Lipinski definition) is 4. The Morgan fingerprint density at radius 3 is 2.23 bits per heavy atom. The van der Waals surface area contributed by atoms with E-state index in [1.807, 2.05) is 6.92 Å². The fourth-order valence-corrected chi connectivity index (χ4v) is 9.69. The van der Waals surface area contributed by atoms with E-state index in [0.29, 0.717) is 54.3 Å². The third kappa shape index (κ3) is 3.97. The Hall–Kier alpha value is -0.490. The van der Waals surface area contributed by atoms with Gasteiger partial charge in [-0.15, -0.1) is 0 Å². The smallest absolute Gasteiger partial charge is 0.145 e. The highest BCUT2D eigenvalue weighted by molar-refractivity contribution is 5.90. The lowest BCUT2D eigenvalue weighted by Crippen LogP contribution is -2.68. The summed E-state index contributed by atoms with van der Waals surface area (Å²) in [6.45, 7) is 16.1. The maximum atomic E-state index is 14.1. The molecule has 0 saturated heterocycles. The van der Waals surface area contributed by atoms with Crippen molar-refractivity contribution in [3.63, 3.8) is 0 Å². The number of carbonyl (C=O) groups is 1. The van der Waals surface area contributed by atoms with Crippen LogP contribution in [0, 0.1) is 57.7 Å². The van der Waals surface area contributed by atoms with Gasteiger partial charge in [0.15, 0.2) is 0 Å². The van der Waals surface area contributed by atoms with Crippen LogP contribution in [0.4, 0.5) is 0 Å². The number of ketones is 1. The molecule has 0 radical (unpaired) electrons. The molecule has 0 amide bonds. The van der Waals surface area contributed by atoms with Crippen LogP contribution in [0.1, 0.15) is 99.8 Å². The number of aliphatic hydroxyl groups is 4. The van der Waals surface area contributed by atoms with E-state index in [2.05, 4.69) is 41.5 Å². The van der Waals surface area contributed by atoms with Gasteiger partial charge in [-0.1, -0.05) is 41.5 Å². The zero-order valence-corrected chi connectivity index (χ0v) is 23.3. The van der Waals surface area contributed by atoms with Crippen molar-refractivity contribution in [2.24, 2.45) is 57.7 Å². The fourth-order valence-electron chi connectivity index (χ4n) is 9.69. The van der Waals surface area contributed by atoms with Gasteiger partial charge in [0.2, 0.25) is 0 Å². The molecule has 0 aromatic heterocycles. The summed E-state index contributed by atoms with van der Waals surface area (Å²) >= 11 is 0. The minimum atomic E-state index is -1.56. The van der Waals surface area contributed by atoms with E-state index < -0.39 is 23.2 Å². The largest absolute Gasteiger partial charge is 0.396 e. The van der Waals surface area contributed by atoms with E-state index in [-0.39, 0.29) is 42.5 Å². The molecule has 4 aliphatic rings. The van der Waals surface area contributed by atoms with Gasteiger partial charge in [-0.05, 0) is 98.2 Å². The van der Waals surface area contributed by atoms with Crippen LogP contribution in [-0.4, -0.2) is 50.6 Å². The molecule has 4 rings (SSSR count). The molecular formula is C30H52O5. The van der Waals surface area contributed by atoms with Crippen molar-refractivity contribution in [2.75, 3.05) is 6.61 Å². The predicted molar refractivity (Wildman–Crippen MR) is 137 cm³/mol. The summed E-state index contributed by atoms with van der Waals surface area (Å²) in [5, 5.41) is 43.0. The molecule has 4 saturated carbocycles. The van der Waals surface area contributed by atoms with E-state index in [1.165, 1.54) is 6.42 Å². The lowest BCUT2D eigenvalue weighted by atomic mass is 9.49. The summed E-state index contributed by atoms with van der Waals surface area (Å²) < 4.78 is 0. The molecule has 35 heavy (non-hydrogen) atoms. The topological polar surface area (TPSA) is 98.0 Å². The van der Waals surface area contributed by atoms with E-state index >= 15 is 0 Å². The summed E-state index contributed by atoms with van der Waals surface area (Å²) in [6, 6.07) is 0. The van der Waals surface area contributed by atoms with E-state index in [1.54, 1.807) is 0 Å². The minimum absolute atomic E-state index is 0.0651. The lowest BCUT2D eigenvalue weighted by Gasteiger charge is -2.57. The Balaban J connectivity index is 1.60. The molecule has 0 aromatic carbocycles. The zero-order chi connectivity index (χ0) is 26.1. The first-order chi connectivity index (χ1) is 16.2. The van der Waals surface area contributed by atoms with Crippen LogP contribution in [0.3, 0.4) is 0 Å². The summed E-state index contributed by atoms with van der Waals surface area (Å²) in [5.41, 5.74) is -2.38. The summed E-state index contributed by atoms with van der Waals surface area (Å²) in [7, 11) is 0. The molecule has 0 heterocycles. The van der Waals surface area contributed by atoms with Crippen LogP contribution < -0.4 is 0 Å². The molecule has 0 aromatic rings. The van der Waals surface area contributed by atoms with Gasteiger partial charge in [0.05, 0.1) is 17.6 Å². The molecule has 202 valence electrons. The summed E-state index contributed by atoms with van der Waals surface area (Å²) in [6.07, 6.45) is 3.46. The van der Waals surface area contributed by atoms with Crippen molar-refractivity contribution < 1.29 is 25.2 Å². The Kier molecular flexibility index (Phi) is 7.13. The molecule has 0 unspecified atom stereocenters. The molecule has 12 atom stereocenters. The zero-order valence-electron chi connectivity index (χ0n) is 23.3. The molecule has 4 fully saturated rings. The van der Waals surface area contributed by atoms with Crippen molar-refractivity contribution in [1.82, 2.24) is 0 Å². The van der Waals surface area contributed by atoms with Gasteiger partial charge in [0, 0.05) is 18.9 Å². The van der Waals surface area contributed by atoms with E-state index in [4.69, 9.17) is 0 Å². The third-order valence-corrected chi connectivity index (χ3v) is 12.7. The second-order valence-electron chi connectivity index (χ2n) is 14.4. The highest BCUT2D eigenvalue weighted by Gasteiger charge is 2.67. The van der Waals surface area contributed by atoms with E-state index in [9.17, 15) is 25.2 Å². The van der Waals surface area contributed by atoms with Crippen molar-refractivity contribution in [3.05, 3.63) is 0 Å². The predicted octanol–water partition coefficient (Wildman–Crippen LogP) is 4.59. The Morgan fingerprint density at radius 2 is 1.63 bits per heavy atom. The van der Waals surface area contributed by atoms with Crippen molar-refractivity contribution >= 4 is 5.78 Å². The Labute approximate surface area is 213 Å².